The molecule has 4 saturated carbocycles. The molecule has 4 aliphatic rings. The van der Waals surface area contributed by atoms with Gasteiger partial charge in [-0.2, -0.15) is 13.2 Å². The van der Waals surface area contributed by atoms with Crippen molar-refractivity contribution in [2.24, 2.45) is 46.8 Å². The third-order valence-corrected chi connectivity index (χ3v) is 10.5. The molecule has 0 radical (unpaired) electrons. The molecular formula is C26H43F3O2. The Kier molecular flexibility index (Phi) is 6.07. The first-order valence-electron chi connectivity index (χ1n) is 12.8. The number of aliphatic hydroxyl groups is 2. The van der Waals surface area contributed by atoms with Crippen molar-refractivity contribution in [2.75, 3.05) is 0 Å². The minimum atomic E-state index is -4.50. The number of alkyl halides is 3. The number of hydrogen-bond donors (Lipinski definition) is 2. The van der Waals surface area contributed by atoms with Crippen molar-refractivity contribution in [2.45, 2.75) is 116 Å². The predicted octanol–water partition coefficient (Wildman–Crippen LogP) is 6.74. The number of hydrogen-bond acceptors (Lipinski definition) is 2. The molecule has 4 fully saturated rings. The lowest BCUT2D eigenvalue weighted by atomic mass is 9.48. The molecule has 0 aromatic heterocycles. The largest absolute Gasteiger partial charge is 0.417 e. The first-order chi connectivity index (χ1) is 14.3. The Morgan fingerprint density at radius 3 is 2.26 bits per heavy atom. The second-order valence-corrected chi connectivity index (χ2v) is 12.8. The van der Waals surface area contributed by atoms with Gasteiger partial charge in [0, 0.05) is 0 Å². The zero-order chi connectivity index (χ0) is 22.8. The van der Waals surface area contributed by atoms with E-state index in [0.29, 0.717) is 47.3 Å². The summed E-state index contributed by atoms with van der Waals surface area (Å²) < 4.78 is 40.3. The Bertz CT molecular complexity index is 656. The molecule has 5 heteroatoms. The van der Waals surface area contributed by atoms with Crippen LogP contribution in [-0.4, -0.2) is 27.6 Å². The van der Waals surface area contributed by atoms with Gasteiger partial charge < -0.3 is 10.2 Å². The summed E-state index contributed by atoms with van der Waals surface area (Å²) in [5.41, 5.74) is -2.73. The fourth-order valence-corrected chi connectivity index (χ4v) is 8.89. The highest BCUT2D eigenvalue weighted by atomic mass is 19.4. The number of fused-ring (bicyclic) bond motifs is 5. The Labute approximate surface area is 186 Å². The fourth-order valence-electron chi connectivity index (χ4n) is 8.89. The van der Waals surface area contributed by atoms with Crippen molar-refractivity contribution < 1.29 is 23.4 Å². The van der Waals surface area contributed by atoms with Crippen molar-refractivity contribution in [3.63, 3.8) is 0 Å². The summed E-state index contributed by atoms with van der Waals surface area (Å²) in [5, 5.41) is 20.5. The maximum absolute atomic E-state index is 13.4. The molecule has 0 bridgehead atoms. The molecule has 4 rings (SSSR count). The summed E-state index contributed by atoms with van der Waals surface area (Å²) in [6, 6.07) is 0. The highest BCUT2D eigenvalue weighted by Crippen LogP contribution is 2.66. The predicted molar refractivity (Wildman–Crippen MR) is 116 cm³/mol. The van der Waals surface area contributed by atoms with E-state index in [9.17, 15) is 23.4 Å². The maximum atomic E-state index is 13.4. The van der Waals surface area contributed by atoms with Crippen LogP contribution in [-0.2, 0) is 0 Å². The van der Waals surface area contributed by atoms with Gasteiger partial charge in [0.15, 0.2) is 5.60 Å². The summed E-state index contributed by atoms with van der Waals surface area (Å²) >= 11 is 0. The molecular weight excluding hydrogens is 401 g/mol. The topological polar surface area (TPSA) is 40.5 Å². The Morgan fingerprint density at radius 2 is 1.61 bits per heavy atom. The van der Waals surface area contributed by atoms with Crippen LogP contribution in [0.1, 0.15) is 98.3 Å². The van der Waals surface area contributed by atoms with Crippen LogP contribution in [0.5, 0.6) is 0 Å². The minimum Gasteiger partial charge on any atom is -0.390 e. The summed E-state index contributed by atoms with van der Waals surface area (Å²) in [5.74, 6) is 3.62. The van der Waals surface area contributed by atoms with E-state index in [2.05, 4.69) is 13.8 Å². The van der Waals surface area contributed by atoms with Gasteiger partial charge in [0.2, 0.25) is 0 Å². The quantitative estimate of drug-likeness (QED) is 0.504. The molecule has 0 aromatic carbocycles. The number of rotatable bonds is 4. The van der Waals surface area contributed by atoms with Crippen LogP contribution < -0.4 is 0 Å². The molecule has 31 heavy (non-hydrogen) atoms. The summed E-state index contributed by atoms with van der Waals surface area (Å²) in [6.07, 6.45) is 4.52. The summed E-state index contributed by atoms with van der Waals surface area (Å²) in [7, 11) is 0. The standard InChI is InChI=1S/C26H43F3O2/c1-16(9-12-23(2,3)30)21-7-8-22-20-6-5-17-15-25(31,26(27,28)29)14-11-18(17)19(20)10-13-24(21,22)4/h16-22,30-31H,5-15H2,1-4H3. The lowest BCUT2D eigenvalue weighted by Crippen LogP contribution is -2.55. The van der Waals surface area contributed by atoms with E-state index in [1.54, 1.807) is 0 Å². The van der Waals surface area contributed by atoms with E-state index in [4.69, 9.17) is 0 Å². The second kappa shape index (κ2) is 7.89. The highest BCUT2D eigenvalue weighted by molar-refractivity contribution is 5.08. The van der Waals surface area contributed by atoms with E-state index in [1.165, 1.54) is 19.3 Å². The van der Waals surface area contributed by atoms with Crippen LogP contribution in [0.2, 0.25) is 0 Å². The van der Waals surface area contributed by atoms with Gasteiger partial charge in [-0.15, -0.1) is 0 Å². The zero-order valence-corrected chi connectivity index (χ0v) is 19.8. The molecule has 0 saturated heterocycles. The smallest absolute Gasteiger partial charge is 0.390 e. The molecule has 0 aromatic rings. The van der Waals surface area contributed by atoms with Gasteiger partial charge in [-0.3, -0.25) is 0 Å². The van der Waals surface area contributed by atoms with Gasteiger partial charge in [-0.25, -0.2) is 0 Å². The first-order valence-corrected chi connectivity index (χ1v) is 12.8. The molecule has 0 spiro atoms. The average Bonchev–Trinajstić information content (AvgIpc) is 3.01. The highest BCUT2D eigenvalue weighted by Gasteiger charge is 2.62. The van der Waals surface area contributed by atoms with E-state index in [0.717, 1.165) is 32.1 Å². The van der Waals surface area contributed by atoms with Crippen LogP contribution in [0.4, 0.5) is 13.2 Å². The van der Waals surface area contributed by atoms with Crippen LogP contribution in [0.25, 0.3) is 0 Å². The third kappa shape index (κ3) is 4.20. The second-order valence-electron chi connectivity index (χ2n) is 12.8. The van der Waals surface area contributed by atoms with Crippen LogP contribution in [0.3, 0.4) is 0 Å². The Hall–Kier alpha value is -0.290. The molecule has 0 amide bonds. The van der Waals surface area contributed by atoms with Gasteiger partial charge in [-0.05, 0) is 131 Å². The first kappa shape index (κ1) is 23.9. The van der Waals surface area contributed by atoms with E-state index < -0.39 is 17.4 Å². The van der Waals surface area contributed by atoms with Crippen molar-refractivity contribution in [1.29, 1.82) is 0 Å². The molecule has 4 aliphatic carbocycles. The zero-order valence-electron chi connectivity index (χ0n) is 19.8. The molecule has 2 N–H and O–H groups in total. The lowest BCUT2D eigenvalue weighted by Gasteiger charge is -2.57. The molecule has 0 aliphatic heterocycles. The van der Waals surface area contributed by atoms with E-state index in [1.807, 2.05) is 13.8 Å². The van der Waals surface area contributed by atoms with Gasteiger partial charge >= 0.3 is 6.18 Å². The van der Waals surface area contributed by atoms with Crippen LogP contribution in [0, 0.1) is 46.8 Å². The summed E-state index contributed by atoms with van der Waals surface area (Å²) in [4.78, 5) is 0. The normalized spacial score (nSPS) is 46.7. The summed E-state index contributed by atoms with van der Waals surface area (Å²) in [6.45, 7) is 8.66. The van der Waals surface area contributed by atoms with Crippen molar-refractivity contribution >= 4 is 0 Å². The third-order valence-electron chi connectivity index (χ3n) is 10.5. The van der Waals surface area contributed by atoms with Gasteiger partial charge in [0.1, 0.15) is 0 Å². The monoisotopic (exact) mass is 444 g/mol. The van der Waals surface area contributed by atoms with Crippen molar-refractivity contribution in [3.05, 3.63) is 0 Å². The molecule has 9 unspecified atom stereocenters. The Balaban J connectivity index is 1.45. The molecule has 0 heterocycles. The van der Waals surface area contributed by atoms with Gasteiger partial charge in [0.05, 0.1) is 5.60 Å². The van der Waals surface area contributed by atoms with Crippen molar-refractivity contribution in [3.8, 4) is 0 Å². The van der Waals surface area contributed by atoms with Gasteiger partial charge in [-0.1, -0.05) is 13.8 Å². The van der Waals surface area contributed by atoms with Crippen LogP contribution >= 0.6 is 0 Å². The maximum Gasteiger partial charge on any atom is 0.417 e. The minimum absolute atomic E-state index is 0.0360. The SMILES string of the molecule is CC(CCC(C)(C)O)C1CCC2C3CCC4CC(O)(C(F)(F)F)CCC4C3CCC12C. The van der Waals surface area contributed by atoms with Crippen LogP contribution in [0.15, 0.2) is 0 Å². The molecule has 180 valence electrons. The average molecular weight is 445 g/mol. The lowest BCUT2D eigenvalue weighted by molar-refractivity contribution is -0.282. The fraction of sp³-hybridized carbons (Fsp3) is 1.00. The van der Waals surface area contributed by atoms with E-state index in [-0.39, 0.29) is 18.8 Å². The van der Waals surface area contributed by atoms with Gasteiger partial charge in [0.25, 0.3) is 0 Å². The van der Waals surface area contributed by atoms with Crippen molar-refractivity contribution in [1.82, 2.24) is 0 Å². The van der Waals surface area contributed by atoms with E-state index >= 15 is 0 Å². The Morgan fingerprint density at radius 1 is 0.935 bits per heavy atom. The number of halogens is 3. The molecule has 9 atom stereocenters. The molecule has 2 nitrogen and oxygen atoms in total.